The second-order valence-electron chi connectivity index (χ2n) is 4.22. The van der Waals surface area contributed by atoms with Crippen LogP contribution in [0.25, 0.3) is 0 Å². The maximum atomic E-state index is 11.6. The molecule has 98 valence electrons. The molecule has 1 saturated heterocycles. The van der Waals surface area contributed by atoms with Crippen LogP contribution >= 0.6 is 11.7 Å². The van der Waals surface area contributed by atoms with E-state index in [9.17, 15) is 9.59 Å². The Morgan fingerprint density at radius 2 is 2.22 bits per heavy atom. The molecule has 0 atom stereocenters. The number of piperidine rings is 1. The number of hydrogen-bond donors (Lipinski definition) is 2. The predicted molar refractivity (Wildman–Crippen MR) is 64.6 cm³/mol. The molecule has 1 fully saturated rings. The van der Waals surface area contributed by atoms with Gasteiger partial charge in [0, 0.05) is 19.6 Å². The monoisotopic (exact) mass is 270 g/mol. The van der Waals surface area contributed by atoms with E-state index in [1.54, 1.807) is 0 Å². The molecule has 0 saturated carbocycles. The normalized spacial score (nSPS) is 16.6. The third-order valence-electron chi connectivity index (χ3n) is 3.03. The number of hydrogen-bond acceptors (Lipinski definition) is 5. The number of nitrogens with zero attached hydrogens (tertiary/aromatic N) is 3. The largest absolute Gasteiger partial charge is 0.465 e. The maximum absolute atomic E-state index is 11.6. The molecule has 8 heteroatoms. The molecule has 0 radical (unpaired) electrons. The predicted octanol–water partition coefficient (Wildman–Crippen LogP) is 0.658. The van der Waals surface area contributed by atoms with Crippen molar-refractivity contribution in [2.45, 2.75) is 12.8 Å². The molecule has 2 heterocycles. The number of carbonyl (C=O) groups is 2. The Morgan fingerprint density at radius 1 is 1.50 bits per heavy atom. The minimum atomic E-state index is -0.869. The molecule has 0 bridgehead atoms. The van der Waals surface area contributed by atoms with Crippen molar-refractivity contribution >= 4 is 23.7 Å². The van der Waals surface area contributed by atoms with E-state index in [-0.39, 0.29) is 5.91 Å². The number of nitrogens with one attached hydrogen (secondary N) is 1. The van der Waals surface area contributed by atoms with E-state index < -0.39 is 6.09 Å². The fourth-order valence-electron chi connectivity index (χ4n) is 1.92. The first-order valence-electron chi connectivity index (χ1n) is 5.70. The number of aromatic nitrogens is 2. The Morgan fingerprint density at radius 3 is 2.78 bits per heavy atom. The van der Waals surface area contributed by atoms with Crippen LogP contribution in [0, 0.1) is 5.92 Å². The van der Waals surface area contributed by atoms with Crippen LogP contribution in [-0.2, 0) is 0 Å². The lowest BCUT2D eigenvalue weighted by Gasteiger charge is -2.29. The summed E-state index contributed by atoms with van der Waals surface area (Å²) in [4.78, 5) is 23.7. The van der Waals surface area contributed by atoms with E-state index in [0.29, 0.717) is 31.2 Å². The molecule has 1 aliphatic rings. The van der Waals surface area contributed by atoms with Gasteiger partial charge in [-0.3, -0.25) is 4.79 Å². The van der Waals surface area contributed by atoms with Crippen LogP contribution in [-0.4, -0.2) is 50.4 Å². The van der Waals surface area contributed by atoms with Crippen LogP contribution in [0.15, 0.2) is 6.20 Å². The van der Waals surface area contributed by atoms with E-state index in [2.05, 4.69) is 14.1 Å². The van der Waals surface area contributed by atoms with Gasteiger partial charge < -0.3 is 15.3 Å². The summed E-state index contributed by atoms with van der Waals surface area (Å²) < 4.78 is 7.61. The average Bonchev–Trinajstić information content (AvgIpc) is 2.90. The molecule has 1 aromatic rings. The maximum Gasteiger partial charge on any atom is 0.407 e. The summed E-state index contributed by atoms with van der Waals surface area (Å²) in [5, 5.41) is 11.6. The number of carbonyl (C=O) groups excluding carboxylic acids is 1. The van der Waals surface area contributed by atoms with Crippen molar-refractivity contribution in [1.29, 1.82) is 0 Å². The molecule has 0 spiro atoms. The molecule has 0 unspecified atom stereocenters. The van der Waals surface area contributed by atoms with Gasteiger partial charge in [-0.2, -0.15) is 8.75 Å². The van der Waals surface area contributed by atoms with Crippen molar-refractivity contribution < 1.29 is 14.7 Å². The van der Waals surface area contributed by atoms with Gasteiger partial charge in [-0.25, -0.2) is 4.79 Å². The Bertz CT molecular complexity index is 415. The summed E-state index contributed by atoms with van der Waals surface area (Å²) in [6.07, 6.45) is 2.13. The lowest BCUT2D eigenvalue weighted by molar-refractivity contribution is 0.0925. The number of likely N-dealkylation sites (tertiary alicyclic amines) is 1. The summed E-state index contributed by atoms with van der Waals surface area (Å²) in [7, 11) is 0. The molecule has 1 aliphatic heterocycles. The Hall–Kier alpha value is -1.70. The molecule has 7 nitrogen and oxygen atoms in total. The Balaban J connectivity index is 1.72. The van der Waals surface area contributed by atoms with Gasteiger partial charge in [-0.1, -0.05) is 0 Å². The zero-order chi connectivity index (χ0) is 13.0. The number of rotatable bonds is 3. The Labute approximate surface area is 108 Å². The highest BCUT2D eigenvalue weighted by atomic mass is 32.1. The van der Waals surface area contributed by atoms with Gasteiger partial charge >= 0.3 is 6.09 Å². The van der Waals surface area contributed by atoms with E-state index in [1.165, 1.54) is 11.1 Å². The van der Waals surface area contributed by atoms with Gasteiger partial charge in [0.25, 0.3) is 5.91 Å². The smallest absolute Gasteiger partial charge is 0.407 e. The summed E-state index contributed by atoms with van der Waals surface area (Å²) >= 11 is 1.00. The van der Waals surface area contributed by atoms with Crippen molar-refractivity contribution in [3.05, 3.63) is 11.9 Å². The van der Waals surface area contributed by atoms with Crippen molar-refractivity contribution in [3.63, 3.8) is 0 Å². The van der Waals surface area contributed by atoms with Gasteiger partial charge in [-0.05, 0) is 18.8 Å². The van der Waals surface area contributed by atoms with Crippen LogP contribution in [0.4, 0.5) is 4.79 Å². The third kappa shape index (κ3) is 3.16. The summed E-state index contributed by atoms with van der Waals surface area (Å²) in [5.41, 5.74) is 0.336. The quantitative estimate of drug-likeness (QED) is 0.841. The second-order valence-corrected chi connectivity index (χ2v) is 4.77. The lowest BCUT2D eigenvalue weighted by Crippen LogP contribution is -2.40. The van der Waals surface area contributed by atoms with Crippen LogP contribution < -0.4 is 5.32 Å². The summed E-state index contributed by atoms with van der Waals surface area (Å²) in [6, 6.07) is 0. The highest BCUT2D eigenvalue weighted by Gasteiger charge is 2.22. The van der Waals surface area contributed by atoms with Gasteiger partial charge in [0.2, 0.25) is 0 Å². The molecule has 18 heavy (non-hydrogen) atoms. The number of carboxylic acid groups (broad SMARTS) is 1. The minimum absolute atomic E-state index is 0.218. The van der Waals surface area contributed by atoms with Crippen LogP contribution in [0.1, 0.15) is 23.3 Å². The zero-order valence-corrected chi connectivity index (χ0v) is 10.5. The third-order valence-corrected chi connectivity index (χ3v) is 3.51. The summed E-state index contributed by atoms with van der Waals surface area (Å²) in [5.74, 6) is 0.112. The minimum Gasteiger partial charge on any atom is -0.465 e. The molecule has 1 aromatic heterocycles. The zero-order valence-electron chi connectivity index (χ0n) is 9.70. The Kier molecular flexibility index (Phi) is 4.08. The molecular formula is C10H14N4O3S. The van der Waals surface area contributed by atoms with E-state index in [4.69, 9.17) is 5.11 Å². The average molecular weight is 270 g/mol. The molecule has 2 amide bonds. The van der Waals surface area contributed by atoms with E-state index in [1.807, 2.05) is 0 Å². The molecule has 2 N–H and O–H groups in total. The van der Waals surface area contributed by atoms with Gasteiger partial charge in [0.05, 0.1) is 17.9 Å². The highest BCUT2D eigenvalue weighted by molar-refractivity contribution is 6.99. The van der Waals surface area contributed by atoms with Crippen molar-refractivity contribution in [2.75, 3.05) is 19.6 Å². The first-order chi connectivity index (χ1) is 8.66. The lowest BCUT2D eigenvalue weighted by atomic mass is 9.97. The SMILES string of the molecule is O=C(NCC1CCN(C(=O)O)CC1)c1cnsn1. The highest BCUT2D eigenvalue weighted by Crippen LogP contribution is 2.16. The first kappa shape index (κ1) is 12.7. The number of amides is 2. The fourth-order valence-corrected chi connectivity index (χ4v) is 2.33. The van der Waals surface area contributed by atoms with E-state index >= 15 is 0 Å². The molecular weight excluding hydrogens is 256 g/mol. The second kappa shape index (κ2) is 5.76. The fraction of sp³-hybridized carbons (Fsp3) is 0.600. The topological polar surface area (TPSA) is 95.4 Å². The van der Waals surface area contributed by atoms with Gasteiger partial charge in [0.1, 0.15) is 0 Å². The van der Waals surface area contributed by atoms with Crippen LogP contribution in [0.5, 0.6) is 0 Å². The standard InChI is InChI=1S/C10H14N4O3S/c15-9(8-6-12-18-13-8)11-5-7-1-3-14(4-2-7)10(16)17/h6-7H,1-5H2,(H,11,15)(H,16,17). The molecule has 2 rings (SSSR count). The van der Waals surface area contributed by atoms with Crippen molar-refractivity contribution in [3.8, 4) is 0 Å². The van der Waals surface area contributed by atoms with Gasteiger partial charge in [-0.15, -0.1) is 0 Å². The van der Waals surface area contributed by atoms with Crippen LogP contribution in [0.2, 0.25) is 0 Å². The van der Waals surface area contributed by atoms with Crippen molar-refractivity contribution in [1.82, 2.24) is 19.0 Å². The van der Waals surface area contributed by atoms with E-state index in [0.717, 1.165) is 24.6 Å². The van der Waals surface area contributed by atoms with Gasteiger partial charge in [0.15, 0.2) is 5.69 Å². The first-order valence-corrected chi connectivity index (χ1v) is 6.43. The van der Waals surface area contributed by atoms with Crippen molar-refractivity contribution in [2.24, 2.45) is 5.92 Å². The van der Waals surface area contributed by atoms with Crippen LogP contribution in [0.3, 0.4) is 0 Å². The molecule has 0 aliphatic carbocycles. The summed E-state index contributed by atoms with van der Waals surface area (Å²) in [6.45, 7) is 1.63. The molecule has 0 aromatic carbocycles.